The van der Waals surface area contributed by atoms with Crippen LogP contribution in [0, 0.1) is 20.8 Å². The molecule has 3 aromatic rings. The molecule has 0 aliphatic carbocycles. The van der Waals surface area contributed by atoms with E-state index in [0.717, 1.165) is 27.6 Å². The van der Waals surface area contributed by atoms with Crippen LogP contribution < -0.4 is 10.1 Å². The second-order valence-corrected chi connectivity index (χ2v) is 6.36. The van der Waals surface area contributed by atoms with E-state index < -0.39 is 0 Å². The Bertz CT molecular complexity index is 887. The van der Waals surface area contributed by atoms with Gasteiger partial charge in [0.25, 0.3) is 5.91 Å². The van der Waals surface area contributed by atoms with Gasteiger partial charge in [0.15, 0.2) is 0 Å². The summed E-state index contributed by atoms with van der Waals surface area (Å²) in [7, 11) is 0. The van der Waals surface area contributed by atoms with Crippen LogP contribution in [0.2, 0.25) is 0 Å². The van der Waals surface area contributed by atoms with Crippen LogP contribution in [-0.4, -0.2) is 19.1 Å². The first-order valence-electron chi connectivity index (χ1n) is 8.53. The van der Waals surface area contributed by atoms with Gasteiger partial charge in [-0.2, -0.15) is 0 Å². The number of rotatable bonds is 5. The number of fused-ring (bicyclic) bond motifs is 1. The van der Waals surface area contributed by atoms with E-state index in [-0.39, 0.29) is 5.91 Å². The molecule has 0 saturated carbocycles. The summed E-state index contributed by atoms with van der Waals surface area (Å²) in [6, 6.07) is 17.9. The van der Waals surface area contributed by atoms with Crippen LogP contribution in [0.15, 0.2) is 54.6 Å². The Balaban J connectivity index is 1.62. The van der Waals surface area contributed by atoms with Crippen molar-refractivity contribution in [3.63, 3.8) is 0 Å². The SMILES string of the molecule is Cc1cc(C)c(OCCNC(=O)c2cccc3ccccc23)c(C)c1. The van der Waals surface area contributed by atoms with Gasteiger partial charge in [0.1, 0.15) is 12.4 Å². The molecule has 0 fully saturated rings. The molecule has 1 amide bonds. The zero-order valence-electron chi connectivity index (χ0n) is 14.9. The molecule has 0 aromatic heterocycles. The van der Waals surface area contributed by atoms with Crippen molar-refractivity contribution >= 4 is 16.7 Å². The van der Waals surface area contributed by atoms with Crippen LogP contribution in [0.3, 0.4) is 0 Å². The van der Waals surface area contributed by atoms with E-state index >= 15 is 0 Å². The van der Waals surface area contributed by atoms with Crippen molar-refractivity contribution in [1.29, 1.82) is 0 Å². The Morgan fingerprint density at radius 1 is 0.960 bits per heavy atom. The molecule has 3 aromatic carbocycles. The van der Waals surface area contributed by atoms with Crippen molar-refractivity contribution in [3.05, 3.63) is 76.9 Å². The van der Waals surface area contributed by atoms with Gasteiger partial charge in [0.2, 0.25) is 0 Å². The van der Waals surface area contributed by atoms with Crippen LogP contribution in [0.4, 0.5) is 0 Å². The average molecular weight is 333 g/mol. The third-order valence-electron chi connectivity index (χ3n) is 4.27. The highest BCUT2D eigenvalue weighted by Gasteiger charge is 2.09. The van der Waals surface area contributed by atoms with Gasteiger partial charge in [-0.15, -0.1) is 0 Å². The summed E-state index contributed by atoms with van der Waals surface area (Å²) in [6.07, 6.45) is 0. The topological polar surface area (TPSA) is 38.3 Å². The largest absolute Gasteiger partial charge is 0.491 e. The summed E-state index contributed by atoms with van der Waals surface area (Å²) in [5.41, 5.74) is 4.17. The molecule has 0 bridgehead atoms. The second kappa shape index (κ2) is 7.39. The van der Waals surface area contributed by atoms with E-state index in [2.05, 4.69) is 24.4 Å². The van der Waals surface area contributed by atoms with Gasteiger partial charge in [-0.1, -0.05) is 54.1 Å². The van der Waals surface area contributed by atoms with Gasteiger partial charge in [0, 0.05) is 5.56 Å². The van der Waals surface area contributed by atoms with Gasteiger partial charge in [-0.05, 0) is 48.7 Å². The Labute approximate surface area is 148 Å². The van der Waals surface area contributed by atoms with Crippen LogP contribution in [0.1, 0.15) is 27.0 Å². The molecular weight excluding hydrogens is 310 g/mol. The maximum absolute atomic E-state index is 12.5. The summed E-state index contributed by atoms with van der Waals surface area (Å²) in [4.78, 5) is 12.5. The summed E-state index contributed by atoms with van der Waals surface area (Å²) >= 11 is 0. The van der Waals surface area contributed by atoms with Gasteiger partial charge >= 0.3 is 0 Å². The molecule has 0 aliphatic rings. The van der Waals surface area contributed by atoms with Crippen LogP contribution >= 0.6 is 0 Å². The second-order valence-electron chi connectivity index (χ2n) is 6.36. The van der Waals surface area contributed by atoms with Crippen LogP contribution in [0.25, 0.3) is 10.8 Å². The fourth-order valence-corrected chi connectivity index (χ4v) is 3.23. The molecule has 0 radical (unpaired) electrons. The molecule has 128 valence electrons. The number of hydrogen-bond donors (Lipinski definition) is 1. The normalized spacial score (nSPS) is 10.7. The number of carbonyl (C=O) groups is 1. The Morgan fingerprint density at radius 3 is 2.40 bits per heavy atom. The minimum Gasteiger partial charge on any atom is -0.491 e. The highest BCUT2D eigenvalue weighted by atomic mass is 16.5. The van der Waals surface area contributed by atoms with Crippen LogP contribution in [-0.2, 0) is 0 Å². The van der Waals surface area contributed by atoms with Crippen LogP contribution in [0.5, 0.6) is 5.75 Å². The highest BCUT2D eigenvalue weighted by molar-refractivity contribution is 6.06. The number of aryl methyl sites for hydroxylation is 3. The molecule has 3 rings (SSSR count). The zero-order chi connectivity index (χ0) is 17.8. The summed E-state index contributed by atoms with van der Waals surface area (Å²) in [5.74, 6) is 0.836. The number of benzene rings is 3. The average Bonchev–Trinajstić information content (AvgIpc) is 2.59. The monoisotopic (exact) mass is 333 g/mol. The lowest BCUT2D eigenvalue weighted by molar-refractivity contribution is 0.0948. The van der Waals surface area contributed by atoms with Crippen molar-refractivity contribution in [2.24, 2.45) is 0 Å². The summed E-state index contributed by atoms with van der Waals surface area (Å²) in [6.45, 7) is 7.08. The molecule has 3 nitrogen and oxygen atoms in total. The third kappa shape index (κ3) is 3.82. The third-order valence-corrected chi connectivity index (χ3v) is 4.27. The van der Waals surface area contributed by atoms with E-state index in [0.29, 0.717) is 18.7 Å². The lowest BCUT2D eigenvalue weighted by Crippen LogP contribution is -2.28. The molecule has 3 heteroatoms. The predicted molar refractivity (Wildman–Crippen MR) is 102 cm³/mol. The fraction of sp³-hybridized carbons (Fsp3) is 0.227. The smallest absolute Gasteiger partial charge is 0.252 e. The van der Waals surface area contributed by atoms with Crippen molar-refractivity contribution in [2.45, 2.75) is 20.8 Å². The number of amides is 1. The number of carbonyl (C=O) groups excluding carboxylic acids is 1. The minimum absolute atomic E-state index is 0.0715. The first-order chi connectivity index (χ1) is 12.1. The lowest BCUT2D eigenvalue weighted by atomic mass is 10.0. The zero-order valence-corrected chi connectivity index (χ0v) is 14.9. The van der Waals surface area contributed by atoms with Crippen molar-refractivity contribution in [1.82, 2.24) is 5.32 Å². The molecule has 0 atom stereocenters. The molecule has 0 heterocycles. The van der Waals surface area contributed by atoms with Gasteiger partial charge in [0.05, 0.1) is 6.54 Å². The minimum atomic E-state index is -0.0715. The van der Waals surface area contributed by atoms with E-state index in [1.807, 2.05) is 56.3 Å². The summed E-state index contributed by atoms with van der Waals surface area (Å²) in [5, 5.41) is 4.98. The van der Waals surface area contributed by atoms with Crippen molar-refractivity contribution < 1.29 is 9.53 Å². The lowest BCUT2D eigenvalue weighted by Gasteiger charge is -2.14. The van der Waals surface area contributed by atoms with Crippen molar-refractivity contribution in [2.75, 3.05) is 13.2 Å². The van der Waals surface area contributed by atoms with E-state index in [4.69, 9.17) is 4.74 Å². The standard InChI is InChI=1S/C22H23NO2/c1-15-13-16(2)21(17(3)14-15)25-12-11-23-22(24)20-10-6-8-18-7-4-5-9-19(18)20/h4-10,13-14H,11-12H2,1-3H3,(H,23,24). The van der Waals surface area contributed by atoms with E-state index in [9.17, 15) is 4.79 Å². The van der Waals surface area contributed by atoms with E-state index in [1.54, 1.807) is 0 Å². The number of ether oxygens (including phenoxy) is 1. The Kier molecular flexibility index (Phi) is 5.03. The molecule has 0 spiro atoms. The highest BCUT2D eigenvalue weighted by Crippen LogP contribution is 2.24. The molecular formula is C22H23NO2. The molecule has 0 unspecified atom stereocenters. The maximum Gasteiger partial charge on any atom is 0.252 e. The number of nitrogens with one attached hydrogen (secondary N) is 1. The predicted octanol–water partition coefficient (Wildman–Crippen LogP) is 4.57. The van der Waals surface area contributed by atoms with Crippen molar-refractivity contribution in [3.8, 4) is 5.75 Å². The van der Waals surface area contributed by atoms with Gasteiger partial charge < -0.3 is 10.1 Å². The summed E-state index contributed by atoms with van der Waals surface area (Å²) < 4.78 is 5.88. The first-order valence-corrected chi connectivity index (χ1v) is 8.53. The molecule has 0 saturated heterocycles. The van der Waals surface area contributed by atoms with E-state index in [1.165, 1.54) is 5.56 Å². The molecule has 25 heavy (non-hydrogen) atoms. The number of hydrogen-bond acceptors (Lipinski definition) is 2. The first kappa shape index (κ1) is 17.0. The Morgan fingerprint density at radius 2 is 1.64 bits per heavy atom. The Hall–Kier alpha value is -2.81. The molecule has 0 aliphatic heterocycles. The van der Waals surface area contributed by atoms with Gasteiger partial charge in [-0.25, -0.2) is 0 Å². The fourth-order valence-electron chi connectivity index (χ4n) is 3.23. The molecule has 1 N–H and O–H groups in total. The van der Waals surface area contributed by atoms with Gasteiger partial charge in [-0.3, -0.25) is 4.79 Å². The quantitative estimate of drug-likeness (QED) is 0.694. The maximum atomic E-state index is 12.5.